The SMILES string of the molecule is CC(C)CCc1nc(O)c(-c2ccc(Cl)cc2)c(=O)[nH]1. The zero-order valence-electron chi connectivity index (χ0n) is 11.5. The maximum absolute atomic E-state index is 12.1. The van der Waals surface area contributed by atoms with E-state index in [4.69, 9.17) is 11.6 Å². The second-order valence-corrected chi connectivity index (χ2v) is 5.59. The van der Waals surface area contributed by atoms with Crippen LogP contribution in [0.25, 0.3) is 11.1 Å². The van der Waals surface area contributed by atoms with Crippen molar-refractivity contribution >= 4 is 11.6 Å². The molecular formula is C15H17ClN2O2. The molecule has 0 fully saturated rings. The van der Waals surface area contributed by atoms with Crippen LogP contribution in [0.2, 0.25) is 5.02 Å². The number of aromatic hydroxyl groups is 1. The fourth-order valence-electron chi connectivity index (χ4n) is 1.93. The van der Waals surface area contributed by atoms with E-state index < -0.39 is 0 Å². The number of nitrogens with one attached hydrogen (secondary N) is 1. The highest BCUT2D eigenvalue weighted by Crippen LogP contribution is 2.24. The zero-order chi connectivity index (χ0) is 14.7. The molecule has 0 radical (unpaired) electrons. The summed E-state index contributed by atoms with van der Waals surface area (Å²) in [6, 6.07) is 6.70. The van der Waals surface area contributed by atoms with E-state index in [1.54, 1.807) is 24.3 Å². The highest BCUT2D eigenvalue weighted by atomic mass is 35.5. The van der Waals surface area contributed by atoms with Gasteiger partial charge in [0.15, 0.2) is 0 Å². The highest BCUT2D eigenvalue weighted by Gasteiger charge is 2.13. The topological polar surface area (TPSA) is 66.0 Å². The van der Waals surface area contributed by atoms with Gasteiger partial charge in [-0.3, -0.25) is 4.79 Å². The fraction of sp³-hybridized carbons (Fsp3) is 0.333. The number of H-pyrrole nitrogens is 1. The van der Waals surface area contributed by atoms with Gasteiger partial charge < -0.3 is 10.1 Å². The van der Waals surface area contributed by atoms with E-state index in [2.05, 4.69) is 23.8 Å². The lowest BCUT2D eigenvalue weighted by atomic mass is 10.1. The Bertz CT molecular complexity index is 648. The molecule has 0 amide bonds. The second-order valence-electron chi connectivity index (χ2n) is 5.15. The van der Waals surface area contributed by atoms with Crippen molar-refractivity contribution in [2.45, 2.75) is 26.7 Å². The van der Waals surface area contributed by atoms with Crippen molar-refractivity contribution in [1.29, 1.82) is 0 Å². The van der Waals surface area contributed by atoms with Crippen LogP contribution in [0.15, 0.2) is 29.1 Å². The summed E-state index contributed by atoms with van der Waals surface area (Å²) in [5.74, 6) is 0.784. The Balaban J connectivity index is 2.36. The van der Waals surface area contributed by atoms with Crippen molar-refractivity contribution in [1.82, 2.24) is 9.97 Å². The number of rotatable bonds is 4. The molecule has 1 heterocycles. The Morgan fingerprint density at radius 3 is 2.50 bits per heavy atom. The largest absolute Gasteiger partial charge is 0.493 e. The first-order chi connectivity index (χ1) is 9.47. The van der Waals surface area contributed by atoms with Crippen LogP contribution >= 0.6 is 11.6 Å². The van der Waals surface area contributed by atoms with Gasteiger partial charge in [-0.2, -0.15) is 4.98 Å². The van der Waals surface area contributed by atoms with Crippen LogP contribution in [0, 0.1) is 5.92 Å². The average Bonchev–Trinajstić information content (AvgIpc) is 2.38. The molecule has 4 nitrogen and oxygen atoms in total. The van der Waals surface area contributed by atoms with Crippen molar-refractivity contribution in [3.8, 4) is 17.0 Å². The summed E-state index contributed by atoms with van der Waals surface area (Å²) in [7, 11) is 0. The van der Waals surface area contributed by atoms with E-state index in [9.17, 15) is 9.90 Å². The first kappa shape index (κ1) is 14.6. The molecule has 0 atom stereocenters. The fourth-order valence-corrected chi connectivity index (χ4v) is 2.05. The highest BCUT2D eigenvalue weighted by molar-refractivity contribution is 6.30. The van der Waals surface area contributed by atoms with E-state index in [-0.39, 0.29) is 17.0 Å². The first-order valence-corrected chi connectivity index (χ1v) is 6.93. The number of hydrogen-bond acceptors (Lipinski definition) is 3. The normalized spacial score (nSPS) is 11.0. The van der Waals surface area contributed by atoms with Crippen LogP contribution in [0.4, 0.5) is 0 Å². The minimum Gasteiger partial charge on any atom is -0.493 e. The Kier molecular flexibility index (Phi) is 4.45. The molecule has 0 aliphatic carbocycles. The molecule has 1 aromatic heterocycles. The smallest absolute Gasteiger partial charge is 0.262 e. The van der Waals surface area contributed by atoms with E-state index in [1.165, 1.54) is 0 Å². The lowest BCUT2D eigenvalue weighted by Crippen LogP contribution is -2.14. The predicted molar refractivity (Wildman–Crippen MR) is 80.1 cm³/mol. The Labute approximate surface area is 122 Å². The molecule has 0 bridgehead atoms. The molecule has 0 unspecified atom stereocenters. The summed E-state index contributed by atoms with van der Waals surface area (Å²) in [6.45, 7) is 4.19. The predicted octanol–water partition coefficient (Wildman–Crippen LogP) is 3.38. The molecule has 2 rings (SSSR count). The number of hydrogen-bond donors (Lipinski definition) is 2. The molecule has 0 aliphatic heterocycles. The van der Waals surface area contributed by atoms with Gasteiger partial charge in [0.1, 0.15) is 11.4 Å². The van der Waals surface area contributed by atoms with E-state index >= 15 is 0 Å². The maximum Gasteiger partial charge on any atom is 0.262 e. The van der Waals surface area contributed by atoms with Crippen LogP contribution in [-0.4, -0.2) is 15.1 Å². The lowest BCUT2D eigenvalue weighted by Gasteiger charge is -2.07. The van der Waals surface area contributed by atoms with Gasteiger partial charge in [0.25, 0.3) is 5.56 Å². The van der Waals surface area contributed by atoms with Crippen LogP contribution in [-0.2, 0) is 6.42 Å². The zero-order valence-corrected chi connectivity index (χ0v) is 12.2. The molecule has 0 saturated heterocycles. The quantitative estimate of drug-likeness (QED) is 0.908. The summed E-state index contributed by atoms with van der Waals surface area (Å²) in [6.07, 6.45) is 1.55. The van der Waals surface area contributed by atoms with Crippen molar-refractivity contribution < 1.29 is 5.11 Å². The van der Waals surface area contributed by atoms with Crippen molar-refractivity contribution in [3.63, 3.8) is 0 Å². The monoisotopic (exact) mass is 292 g/mol. The summed E-state index contributed by atoms with van der Waals surface area (Å²) < 4.78 is 0. The number of aromatic nitrogens is 2. The maximum atomic E-state index is 12.1. The van der Waals surface area contributed by atoms with Gasteiger partial charge in [-0.1, -0.05) is 37.6 Å². The lowest BCUT2D eigenvalue weighted by molar-refractivity contribution is 0.447. The van der Waals surface area contributed by atoms with Crippen LogP contribution in [0.1, 0.15) is 26.1 Å². The third-order valence-electron chi connectivity index (χ3n) is 3.04. The second kappa shape index (κ2) is 6.09. The number of aromatic amines is 1. The summed E-state index contributed by atoms with van der Waals surface area (Å²) in [5, 5.41) is 10.6. The van der Waals surface area contributed by atoms with E-state index in [1.807, 2.05) is 0 Å². The van der Waals surface area contributed by atoms with E-state index in [0.29, 0.717) is 28.7 Å². The van der Waals surface area contributed by atoms with Gasteiger partial charge >= 0.3 is 0 Å². The van der Waals surface area contributed by atoms with Crippen molar-refractivity contribution in [3.05, 3.63) is 45.5 Å². The Morgan fingerprint density at radius 1 is 1.30 bits per heavy atom. The van der Waals surface area contributed by atoms with Crippen molar-refractivity contribution in [2.75, 3.05) is 0 Å². The molecule has 5 heteroatoms. The molecule has 0 spiro atoms. The molecule has 0 saturated carbocycles. The van der Waals surface area contributed by atoms with Gasteiger partial charge in [0.2, 0.25) is 5.88 Å². The van der Waals surface area contributed by atoms with E-state index in [0.717, 1.165) is 6.42 Å². The molecule has 2 aromatic rings. The van der Waals surface area contributed by atoms with Crippen LogP contribution in [0.5, 0.6) is 5.88 Å². The molecule has 20 heavy (non-hydrogen) atoms. The average molecular weight is 293 g/mol. The Hall–Kier alpha value is -1.81. The molecule has 0 aliphatic rings. The number of halogens is 1. The first-order valence-electron chi connectivity index (χ1n) is 6.55. The third kappa shape index (κ3) is 3.39. The molecule has 2 N–H and O–H groups in total. The standard InChI is InChI=1S/C15H17ClN2O2/c1-9(2)3-8-12-17-14(19)13(15(20)18-12)10-4-6-11(16)7-5-10/h4-7,9H,3,8H2,1-2H3,(H2,17,18,19,20). The third-order valence-corrected chi connectivity index (χ3v) is 3.29. The molecule has 106 valence electrons. The van der Waals surface area contributed by atoms with Gasteiger partial charge in [-0.25, -0.2) is 0 Å². The minimum absolute atomic E-state index is 0.176. The number of benzene rings is 1. The van der Waals surface area contributed by atoms with Gasteiger partial charge in [-0.15, -0.1) is 0 Å². The summed E-state index contributed by atoms with van der Waals surface area (Å²) in [5.41, 5.74) is 0.435. The van der Waals surface area contributed by atoms with Gasteiger partial charge in [0, 0.05) is 11.4 Å². The van der Waals surface area contributed by atoms with Gasteiger partial charge in [0.05, 0.1) is 0 Å². The number of aryl methyl sites for hydroxylation is 1. The minimum atomic E-state index is -0.335. The van der Waals surface area contributed by atoms with Crippen molar-refractivity contribution in [2.24, 2.45) is 5.92 Å². The number of nitrogens with zero attached hydrogens (tertiary/aromatic N) is 1. The van der Waals surface area contributed by atoms with Crippen LogP contribution in [0.3, 0.4) is 0 Å². The summed E-state index contributed by atoms with van der Waals surface area (Å²) >= 11 is 5.81. The van der Waals surface area contributed by atoms with Gasteiger partial charge in [-0.05, 0) is 30.0 Å². The van der Waals surface area contributed by atoms with Crippen LogP contribution < -0.4 is 5.56 Å². The Morgan fingerprint density at radius 2 is 1.95 bits per heavy atom. The molecule has 1 aromatic carbocycles. The molecular weight excluding hydrogens is 276 g/mol. The summed E-state index contributed by atoms with van der Waals surface area (Å²) in [4.78, 5) is 18.9.